The van der Waals surface area contributed by atoms with Crippen LogP contribution in [0.15, 0.2) is 42.7 Å². The summed E-state index contributed by atoms with van der Waals surface area (Å²) in [5.74, 6) is 0.447. The zero-order valence-corrected chi connectivity index (χ0v) is 13.2. The summed E-state index contributed by atoms with van der Waals surface area (Å²) < 4.78 is 1.89. The van der Waals surface area contributed by atoms with E-state index in [1.807, 2.05) is 41.2 Å². The maximum Gasteiger partial charge on any atom is 0.251 e. The highest BCUT2D eigenvalue weighted by Crippen LogP contribution is 2.05. The lowest BCUT2D eigenvalue weighted by atomic mass is 10.1. The highest BCUT2D eigenvalue weighted by molar-refractivity contribution is 5.94. The average molecular weight is 300 g/mol. The van der Waals surface area contributed by atoms with Crippen LogP contribution in [0, 0.1) is 5.92 Å². The third kappa shape index (κ3) is 5.33. The molecule has 0 saturated carbocycles. The number of amides is 1. The van der Waals surface area contributed by atoms with Crippen molar-refractivity contribution in [3.63, 3.8) is 0 Å². The molecule has 5 heteroatoms. The molecule has 0 aliphatic heterocycles. The maximum atomic E-state index is 12.0. The lowest BCUT2D eigenvalue weighted by Crippen LogP contribution is -2.27. The molecule has 0 unspecified atom stereocenters. The Kier molecular flexibility index (Phi) is 6.15. The number of carbonyl (C=O) groups excluding carboxylic acids is 1. The molecular weight excluding hydrogens is 276 g/mol. The molecule has 2 rings (SSSR count). The van der Waals surface area contributed by atoms with Gasteiger partial charge in [-0.1, -0.05) is 26.0 Å². The van der Waals surface area contributed by atoms with Crippen LogP contribution in [0.25, 0.3) is 0 Å². The van der Waals surface area contributed by atoms with E-state index >= 15 is 0 Å². The summed E-state index contributed by atoms with van der Waals surface area (Å²) in [6, 6.07) is 9.66. The number of benzene rings is 1. The summed E-state index contributed by atoms with van der Waals surface area (Å²) in [5, 5.41) is 10.5. The second-order valence-corrected chi connectivity index (χ2v) is 5.75. The standard InChI is InChI=1S/C17H24N4O/c1-14(2)12-19-17(22)16-6-3-5-15(11-16)13-18-8-10-21-9-4-7-20-21/h3-7,9,11,14,18H,8,10,12-13H2,1-2H3,(H,19,22). The van der Waals surface area contributed by atoms with Gasteiger partial charge in [0.15, 0.2) is 0 Å². The summed E-state index contributed by atoms with van der Waals surface area (Å²) in [6.45, 7) is 7.28. The van der Waals surface area contributed by atoms with Gasteiger partial charge in [0.05, 0.1) is 6.54 Å². The highest BCUT2D eigenvalue weighted by Gasteiger charge is 2.06. The van der Waals surface area contributed by atoms with Gasteiger partial charge in [-0.3, -0.25) is 9.48 Å². The fraction of sp³-hybridized carbons (Fsp3) is 0.412. The molecule has 0 atom stereocenters. The quantitative estimate of drug-likeness (QED) is 0.734. The van der Waals surface area contributed by atoms with Crippen LogP contribution in [0.3, 0.4) is 0 Å². The topological polar surface area (TPSA) is 59.0 Å². The SMILES string of the molecule is CC(C)CNC(=O)c1cccc(CNCCn2cccn2)c1. The molecular formula is C17H24N4O. The second kappa shape index (κ2) is 8.34. The predicted octanol–water partition coefficient (Wildman–Crippen LogP) is 2.06. The first-order valence-corrected chi connectivity index (χ1v) is 7.70. The van der Waals surface area contributed by atoms with Crippen molar-refractivity contribution in [3.8, 4) is 0 Å². The highest BCUT2D eigenvalue weighted by atomic mass is 16.1. The number of aromatic nitrogens is 2. The van der Waals surface area contributed by atoms with Gasteiger partial charge in [-0.15, -0.1) is 0 Å². The Morgan fingerprint density at radius 1 is 1.32 bits per heavy atom. The molecule has 22 heavy (non-hydrogen) atoms. The van der Waals surface area contributed by atoms with Crippen molar-refractivity contribution in [1.29, 1.82) is 0 Å². The molecule has 0 spiro atoms. The van der Waals surface area contributed by atoms with Crippen LogP contribution in [-0.4, -0.2) is 28.8 Å². The molecule has 0 fully saturated rings. The molecule has 2 N–H and O–H groups in total. The lowest BCUT2D eigenvalue weighted by molar-refractivity contribution is 0.0949. The third-order valence-corrected chi connectivity index (χ3v) is 3.27. The number of nitrogens with one attached hydrogen (secondary N) is 2. The van der Waals surface area contributed by atoms with Gasteiger partial charge >= 0.3 is 0 Å². The monoisotopic (exact) mass is 300 g/mol. The number of nitrogens with zero attached hydrogens (tertiary/aromatic N) is 2. The Morgan fingerprint density at radius 2 is 2.18 bits per heavy atom. The smallest absolute Gasteiger partial charge is 0.251 e. The van der Waals surface area contributed by atoms with Crippen molar-refractivity contribution in [1.82, 2.24) is 20.4 Å². The minimum atomic E-state index is -0.00732. The first kappa shape index (κ1) is 16.2. The normalized spacial score (nSPS) is 10.9. The Morgan fingerprint density at radius 3 is 2.91 bits per heavy atom. The van der Waals surface area contributed by atoms with Crippen LogP contribution >= 0.6 is 0 Å². The Bertz CT molecular complexity index is 578. The van der Waals surface area contributed by atoms with Crippen molar-refractivity contribution < 1.29 is 4.79 Å². The minimum absolute atomic E-state index is 0.00732. The Labute approximate surface area is 131 Å². The van der Waals surface area contributed by atoms with Gasteiger partial charge in [-0.05, 0) is 29.7 Å². The van der Waals surface area contributed by atoms with E-state index in [4.69, 9.17) is 0 Å². The molecule has 0 aliphatic carbocycles. The number of rotatable bonds is 8. The number of hydrogen-bond acceptors (Lipinski definition) is 3. The van der Waals surface area contributed by atoms with Crippen molar-refractivity contribution in [2.75, 3.05) is 13.1 Å². The molecule has 1 amide bonds. The molecule has 1 heterocycles. The van der Waals surface area contributed by atoms with Gasteiger partial charge in [0.2, 0.25) is 0 Å². The van der Waals surface area contributed by atoms with Crippen LogP contribution in [0.5, 0.6) is 0 Å². The van der Waals surface area contributed by atoms with E-state index < -0.39 is 0 Å². The van der Waals surface area contributed by atoms with Crippen LogP contribution in [0.1, 0.15) is 29.8 Å². The molecule has 0 aliphatic rings. The zero-order valence-electron chi connectivity index (χ0n) is 13.2. The van der Waals surface area contributed by atoms with Gasteiger partial charge < -0.3 is 10.6 Å². The molecule has 1 aromatic carbocycles. The van der Waals surface area contributed by atoms with Gasteiger partial charge in [0.25, 0.3) is 5.91 Å². The summed E-state index contributed by atoms with van der Waals surface area (Å²) in [5.41, 5.74) is 1.82. The van der Waals surface area contributed by atoms with Crippen LogP contribution in [0.4, 0.5) is 0 Å². The van der Waals surface area contributed by atoms with E-state index in [2.05, 4.69) is 29.6 Å². The molecule has 2 aromatic rings. The molecule has 1 aromatic heterocycles. The van der Waals surface area contributed by atoms with Gasteiger partial charge in [-0.2, -0.15) is 5.10 Å². The van der Waals surface area contributed by atoms with Crippen molar-refractivity contribution in [2.24, 2.45) is 5.92 Å². The van der Waals surface area contributed by atoms with Crippen LogP contribution in [-0.2, 0) is 13.1 Å². The van der Waals surface area contributed by atoms with Gasteiger partial charge in [-0.25, -0.2) is 0 Å². The largest absolute Gasteiger partial charge is 0.352 e. The van der Waals surface area contributed by atoms with E-state index in [1.54, 1.807) is 6.20 Å². The summed E-state index contributed by atoms with van der Waals surface area (Å²) >= 11 is 0. The van der Waals surface area contributed by atoms with E-state index in [0.29, 0.717) is 18.0 Å². The maximum absolute atomic E-state index is 12.0. The predicted molar refractivity (Wildman–Crippen MR) is 87.5 cm³/mol. The van der Waals surface area contributed by atoms with Crippen molar-refractivity contribution >= 4 is 5.91 Å². The van der Waals surface area contributed by atoms with Gasteiger partial charge in [0.1, 0.15) is 0 Å². The van der Waals surface area contributed by atoms with E-state index in [0.717, 1.165) is 25.2 Å². The van der Waals surface area contributed by atoms with Crippen molar-refractivity contribution in [2.45, 2.75) is 26.9 Å². The van der Waals surface area contributed by atoms with Gasteiger partial charge in [0, 0.05) is 37.6 Å². The fourth-order valence-electron chi connectivity index (χ4n) is 2.08. The molecule has 118 valence electrons. The van der Waals surface area contributed by atoms with Crippen LogP contribution in [0.2, 0.25) is 0 Å². The summed E-state index contributed by atoms with van der Waals surface area (Å²) in [4.78, 5) is 12.0. The van der Waals surface area contributed by atoms with E-state index in [-0.39, 0.29) is 5.91 Å². The zero-order chi connectivity index (χ0) is 15.8. The average Bonchev–Trinajstić information content (AvgIpc) is 3.03. The van der Waals surface area contributed by atoms with Crippen molar-refractivity contribution in [3.05, 3.63) is 53.9 Å². The number of carbonyl (C=O) groups is 1. The number of hydrogen-bond donors (Lipinski definition) is 2. The third-order valence-electron chi connectivity index (χ3n) is 3.27. The summed E-state index contributed by atoms with van der Waals surface area (Å²) in [6.07, 6.45) is 3.72. The first-order chi connectivity index (χ1) is 10.6. The molecule has 5 nitrogen and oxygen atoms in total. The van der Waals surface area contributed by atoms with E-state index in [9.17, 15) is 4.79 Å². The summed E-state index contributed by atoms with van der Waals surface area (Å²) in [7, 11) is 0. The Hall–Kier alpha value is -2.14. The first-order valence-electron chi connectivity index (χ1n) is 7.70. The molecule has 0 bridgehead atoms. The minimum Gasteiger partial charge on any atom is -0.352 e. The Balaban J connectivity index is 1.79. The fourth-order valence-corrected chi connectivity index (χ4v) is 2.08. The molecule has 0 radical (unpaired) electrons. The molecule has 0 saturated heterocycles. The lowest BCUT2D eigenvalue weighted by Gasteiger charge is -2.09. The van der Waals surface area contributed by atoms with Crippen LogP contribution < -0.4 is 10.6 Å². The van der Waals surface area contributed by atoms with E-state index in [1.165, 1.54) is 0 Å². The second-order valence-electron chi connectivity index (χ2n) is 5.75.